The smallest absolute Gasteiger partial charge is 0.0765 e. The van der Waals surface area contributed by atoms with Gasteiger partial charge in [0.15, 0.2) is 0 Å². The lowest BCUT2D eigenvalue weighted by Crippen LogP contribution is -2.50. The van der Waals surface area contributed by atoms with Crippen LogP contribution in [0.1, 0.15) is 45.3 Å². The van der Waals surface area contributed by atoms with Gasteiger partial charge in [-0.05, 0) is 25.8 Å². The van der Waals surface area contributed by atoms with Gasteiger partial charge in [0.2, 0.25) is 0 Å². The molecule has 0 aliphatic carbocycles. The van der Waals surface area contributed by atoms with E-state index in [1.807, 2.05) is 0 Å². The SMILES string of the molecule is CCC1CNCCN1Cc1ccn(C(C)CC)n1. The van der Waals surface area contributed by atoms with Gasteiger partial charge in [-0.2, -0.15) is 5.10 Å². The van der Waals surface area contributed by atoms with E-state index in [9.17, 15) is 0 Å². The summed E-state index contributed by atoms with van der Waals surface area (Å²) in [5, 5.41) is 8.17. The average Bonchev–Trinajstić information content (AvgIpc) is 2.87. The number of aromatic nitrogens is 2. The molecule has 1 aliphatic heterocycles. The first kappa shape index (κ1) is 13.6. The molecule has 0 saturated carbocycles. The monoisotopic (exact) mass is 250 g/mol. The lowest BCUT2D eigenvalue weighted by Gasteiger charge is -2.35. The minimum absolute atomic E-state index is 0.503. The van der Waals surface area contributed by atoms with Gasteiger partial charge in [-0.15, -0.1) is 0 Å². The Hall–Kier alpha value is -0.870. The van der Waals surface area contributed by atoms with Crippen LogP contribution >= 0.6 is 0 Å². The largest absolute Gasteiger partial charge is 0.314 e. The van der Waals surface area contributed by atoms with Crippen molar-refractivity contribution in [2.75, 3.05) is 19.6 Å². The summed E-state index contributed by atoms with van der Waals surface area (Å²) in [6, 6.07) is 3.33. The van der Waals surface area contributed by atoms with E-state index in [1.165, 1.54) is 12.1 Å². The summed E-state index contributed by atoms with van der Waals surface area (Å²) in [4.78, 5) is 2.56. The van der Waals surface area contributed by atoms with E-state index in [4.69, 9.17) is 5.10 Å². The molecule has 18 heavy (non-hydrogen) atoms. The zero-order chi connectivity index (χ0) is 13.0. The van der Waals surface area contributed by atoms with Crippen LogP contribution in [-0.2, 0) is 6.54 Å². The fourth-order valence-corrected chi connectivity index (χ4v) is 2.52. The topological polar surface area (TPSA) is 33.1 Å². The first-order chi connectivity index (χ1) is 8.74. The van der Waals surface area contributed by atoms with Gasteiger partial charge < -0.3 is 5.32 Å². The first-order valence-corrected chi connectivity index (χ1v) is 7.23. The van der Waals surface area contributed by atoms with Crippen LogP contribution in [0, 0.1) is 0 Å². The van der Waals surface area contributed by atoms with Crippen LogP contribution in [0.3, 0.4) is 0 Å². The molecule has 2 rings (SSSR count). The number of piperazine rings is 1. The molecule has 0 spiro atoms. The fourth-order valence-electron chi connectivity index (χ4n) is 2.52. The maximum absolute atomic E-state index is 4.70. The van der Waals surface area contributed by atoms with Gasteiger partial charge in [0.1, 0.15) is 0 Å². The van der Waals surface area contributed by atoms with Crippen molar-refractivity contribution in [1.82, 2.24) is 20.0 Å². The molecule has 4 heteroatoms. The van der Waals surface area contributed by atoms with Crippen LogP contribution in [0.5, 0.6) is 0 Å². The summed E-state index contributed by atoms with van der Waals surface area (Å²) in [6.45, 7) is 11.0. The molecule has 2 unspecified atom stereocenters. The second-order valence-electron chi connectivity index (χ2n) is 5.28. The Kier molecular flexibility index (Phi) is 4.78. The molecule has 102 valence electrons. The summed E-state index contributed by atoms with van der Waals surface area (Å²) >= 11 is 0. The molecule has 1 aromatic rings. The molecule has 2 heterocycles. The van der Waals surface area contributed by atoms with Gasteiger partial charge >= 0.3 is 0 Å². The highest BCUT2D eigenvalue weighted by Gasteiger charge is 2.21. The Balaban J connectivity index is 1.97. The highest BCUT2D eigenvalue weighted by Crippen LogP contribution is 2.14. The predicted octanol–water partition coefficient (Wildman–Crippen LogP) is 2.04. The van der Waals surface area contributed by atoms with Gasteiger partial charge in [0.05, 0.1) is 5.69 Å². The summed E-state index contributed by atoms with van der Waals surface area (Å²) in [7, 11) is 0. The minimum atomic E-state index is 0.503. The van der Waals surface area contributed by atoms with Crippen molar-refractivity contribution in [2.24, 2.45) is 0 Å². The summed E-state index contributed by atoms with van der Waals surface area (Å²) < 4.78 is 2.10. The van der Waals surface area contributed by atoms with Crippen molar-refractivity contribution in [1.29, 1.82) is 0 Å². The Morgan fingerprint density at radius 2 is 2.33 bits per heavy atom. The van der Waals surface area contributed by atoms with Crippen molar-refractivity contribution < 1.29 is 0 Å². The third-order valence-electron chi connectivity index (χ3n) is 4.01. The average molecular weight is 250 g/mol. The lowest BCUT2D eigenvalue weighted by molar-refractivity contribution is 0.147. The second kappa shape index (κ2) is 6.34. The van der Waals surface area contributed by atoms with E-state index < -0.39 is 0 Å². The summed E-state index contributed by atoms with van der Waals surface area (Å²) in [5.41, 5.74) is 1.20. The quantitative estimate of drug-likeness (QED) is 0.868. The van der Waals surface area contributed by atoms with Gasteiger partial charge in [0.25, 0.3) is 0 Å². The van der Waals surface area contributed by atoms with E-state index in [0.717, 1.165) is 32.6 Å². The maximum Gasteiger partial charge on any atom is 0.0765 e. The van der Waals surface area contributed by atoms with E-state index >= 15 is 0 Å². The zero-order valence-electron chi connectivity index (χ0n) is 11.9. The molecule has 0 bridgehead atoms. The van der Waals surface area contributed by atoms with Gasteiger partial charge in [-0.1, -0.05) is 13.8 Å². The molecule has 1 aliphatic rings. The molecular formula is C14H26N4. The lowest BCUT2D eigenvalue weighted by atomic mass is 10.1. The molecule has 2 atom stereocenters. The Morgan fingerprint density at radius 1 is 1.50 bits per heavy atom. The van der Waals surface area contributed by atoms with Crippen LogP contribution in [0.4, 0.5) is 0 Å². The van der Waals surface area contributed by atoms with E-state index in [2.05, 4.69) is 47.9 Å². The van der Waals surface area contributed by atoms with Gasteiger partial charge in [0, 0.05) is 44.5 Å². The van der Waals surface area contributed by atoms with Crippen molar-refractivity contribution in [3.63, 3.8) is 0 Å². The molecule has 0 aromatic carbocycles. The van der Waals surface area contributed by atoms with E-state index in [-0.39, 0.29) is 0 Å². The highest BCUT2D eigenvalue weighted by molar-refractivity contribution is 5.00. The highest BCUT2D eigenvalue weighted by atomic mass is 15.3. The third-order valence-corrected chi connectivity index (χ3v) is 4.01. The number of rotatable bonds is 5. The van der Waals surface area contributed by atoms with Crippen molar-refractivity contribution in [3.8, 4) is 0 Å². The van der Waals surface area contributed by atoms with Crippen LogP contribution in [0.15, 0.2) is 12.3 Å². The molecule has 0 radical (unpaired) electrons. The molecular weight excluding hydrogens is 224 g/mol. The molecule has 0 amide bonds. The van der Waals surface area contributed by atoms with Crippen molar-refractivity contribution in [3.05, 3.63) is 18.0 Å². The number of hydrogen-bond donors (Lipinski definition) is 1. The zero-order valence-corrected chi connectivity index (χ0v) is 11.9. The fraction of sp³-hybridized carbons (Fsp3) is 0.786. The maximum atomic E-state index is 4.70. The van der Waals surface area contributed by atoms with Crippen LogP contribution in [0.25, 0.3) is 0 Å². The van der Waals surface area contributed by atoms with E-state index in [0.29, 0.717) is 12.1 Å². The number of nitrogens with one attached hydrogen (secondary N) is 1. The predicted molar refractivity (Wildman–Crippen MR) is 74.6 cm³/mol. The Morgan fingerprint density at radius 3 is 3.06 bits per heavy atom. The third kappa shape index (κ3) is 3.12. The summed E-state index contributed by atoms with van der Waals surface area (Å²) in [5.74, 6) is 0. The molecule has 1 N–H and O–H groups in total. The minimum Gasteiger partial charge on any atom is -0.314 e. The number of hydrogen-bond acceptors (Lipinski definition) is 3. The van der Waals surface area contributed by atoms with Crippen molar-refractivity contribution in [2.45, 2.75) is 52.2 Å². The normalized spacial score (nSPS) is 23.2. The summed E-state index contributed by atoms with van der Waals surface area (Å²) in [6.07, 6.45) is 4.46. The molecule has 1 saturated heterocycles. The van der Waals surface area contributed by atoms with Gasteiger partial charge in [-0.3, -0.25) is 9.58 Å². The second-order valence-corrected chi connectivity index (χ2v) is 5.28. The Bertz CT molecular complexity index is 360. The van der Waals surface area contributed by atoms with Crippen LogP contribution in [0.2, 0.25) is 0 Å². The first-order valence-electron chi connectivity index (χ1n) is 7.23. The van der Waals surface area contributed by atoms with Gasteiger partial charge in [-0.25, -0.2) is 0 Å². The van der Waals surface area contributed by atoms with E-state index in [1.54, 1.807) is 0 Å². The van der Waals surface area contributed by atoms with Crippen molar-refractivity contribution >= 4 is 0 Å². The Labute approximate surface area is 110 Å². The number of nitrogens with zero attached hydrogens (tertiary/aromatic N) is 3. The molecule has 4 nitrogen and oxygen atoms in total. The standard InChI is InChI=1S/C14H26N4/c1-4-12(3)18-8-6-13(16-18)11-17-9-7-15-10-14(17)5-2/h6,8,12,14-15H,4-5,7,9-11H2,1-3H3. The van der Waals surface area contributed by atoms with Crippen LogP contribution < -0.4 is 5.32 Å². The van der Waals surface area contributed by atoms with Crippen LogP contribution in [-0.4, -0.2) is 40.4 Å². The molecule has 1 aromatic heterocycles. The molecule has 1 fully saturated rings.